The predicted molar refractivity (Wildman–Crippen MR) is 427 cm³/mol. The van der Waals surface area contributed by atoms with E-state index in [-0.39, 0.29) is 82.9 Å². The van der Waals surface area contributed by atoms with E-state index in [1.165, 1.54) is 12.7 Å². The number of hydrogen-bond acceptors (Lipinski definition) is 18. The Morgan fingerprint density at radius 1 is 0.491 bits per heavy atom. The quantitative estimate of drug-likeness (QED) is 0.0463. The molecule has 14 rings (SSSR count). The Morgan fingerprint density at radius 3 is 1.23 bits per heavy atom. The van der Waals surface area contributed by atoms with E-state index in [1.807, 2.05) is 101 Å². The molecule has 0 amide bonds. The molecule has 0 bridgehead atoms. The van der Waals surface area contributed by atoms with Crippen LogP contribution in [0.15, 0.2) is 110 Å². The third-order valence-electron chi connectivity index (χ3n) is 22.5. The zero-order valence-corrected chi connectivity index (χ0v) is 73.6. The summed E-state index contributed by atoms with van der Waals surface area (Å²) >= 11 is 25.2. The van der Waals surface area contributed by atoms with Crippen molar-refractivity contribution in [2.45, 2.75) is 270 Å². The fraction of sp³-hybridized carbons (Fsp3) is 0.525. The molecular formula is C80H109Cl4N9O12Si2Zn. The van der Waals surface area contributed by atoms with E-state index < -0.39 is 75.9 Å². The number of ether oxygens (including phenoxy) is 7. The van der Waals surface area contributed by atoms with Crippen molar-refractivity contribution in [2.24, 2.45) is 0 Å². The third kappa shape index (κ3) is 17.5. The van der Waals surface area contributed by atoms with Crippen LogP contribution < -0.4 is 0 Å². The largest absolute Gasteiger partial charge is 2.00 e. The van der Waals surface area contributed by atoms with Crippen molar-refractivity contribution in [3.8, 4) is 0 Å². The number of halogens is 4. The monoisotopic (exact) mass is 1650 g/mol. The van der Waals surface area contributed by atoms with Crippen LogP contribution in [0.2, 0.25) is 56.5 Å². The van der Waals surface area contributed by atoms with E-state index in [0.717, 1.165) is 61.0 Å². The van der Waals surface area contributed by atoms with Gasteiger partial charge < -0.3 is 85.9 Å². The Labute approximate surface area is 672 Å². The first-order chi connectivity index (χ1) is 48.5. The zero-order chi connectivity index (χ0) is 75.4. The number of aryl methyl sites for hydroxylation is 2. The minimum absolute atomic E-state index is 0. The zero-order valence-electron chi connectivity index (χ0n) is 65.6. The van der Waals surface area contributed by atoms with E-state index in [0.29, 0.717) is 69.6 Å². The van der Waals surface area contributed by atoms with Crippen molar-refractivity contribution in [2.75, 3.05) is 0 Å². The van der Waals surface area contributed by atoms with E-state index in [4.69, 9.17) is 88.4 Å². The summed E-state index contributed by atoms with van der Waals surface area (Å²) < 4.78 is 64.7. The standard InChI is InChI=1S/C29H40ClN3O4Si.C28H37Cl2N3O4Si.C20H22ClN3O4.CH4.2CH3.Zn/c1-18-22-12-13-33(25(22)32-17-31-18)26-24-29(7,37-28(5,6)36-24)23(35-26)15-19-10-11-21(30)14-20(19)16-34-38(8,9)27(2,3)4;1-26(2,3)38(7,8)34-15-18-13-19(29)10-9-17(18)14-21-28(6)22(36-27(4,5)37-28)25(35-21)33-12-11-20-23(30)31-16-32-24(20)33;1-11-15-5-6-24(18(15)23-10-22-11)19-17(26)20(2,27)16(28-19)8-12-3-4-14(21)7-13(12)9-25;;;;/h10-14,17,23-24,26H,15-16H2,1-9H3;9-13,16,21-22,25H,14-15H2,1-8H3;3-7,10,16-17,19,25-27H,8-9H2,1-2H3;1H4;2*1H3;/q;;;;2*-1;+2/t23-,24+,26-,29-;21-,22+,25-,28-;16-,17+,19-,20-;;;;/m111..../s1. The SMILES string of the molecule is C.CC1(C)O[C@H]2[C@H](n3ccc4c(Cl)ncnc43)O[C@H](Cc3ccc(Cl)cc3CO[Si](C)(C)C(C)(C)C)[C@@]2(C)O1.Cc1ncnc2c1ccn2[C@@H]1O[C@H](Cc2ccc(Cl)cc2CO)[C@@](C)(O)[C@H]1O.Cc1ncnc2c1ccn2[C@@H]1O[C@H](Cc2ccc(Cl)cc2CO[Si](C)(C)C(C)(C)C)[C@@]2(C)OC(C)(C)O[C@@H]12.[CH3-].[CH3-].[Zn+2]. The van der Waals surface area contributed by atoms with Crippen LogP contribution in [0.5, 0.6) is 0 Å². The van der Waals surface area contributed by atoms with Gasteiger partial charge >= 0.3 is 19.5 Å². The normalized spacial score (nSPS) is 26.3. The van der Waals surface area contributed by atoms with Crippen LogP contribution in [0.3, 0.4) is 0 Å². The van der Waals surface area contributed by atoms with Gasteiger partial charge in [0.2, 0.25) is 0 Å². The van der Waals surface area contributed by atoms with Crippen LogP contribution in [0.25, 0.3) is 33.1 Å². The Bertz CT molecular complexity index is 4440. The molecule has 5 fully saturated rings. The van der Waals surface area contributed by atoms with Crippen LogP contribution in [-0.2, 0) is 101 Å². The number of fused-ring (bicyclic) bond motifs is 5. The van der Waals surface area contributed by atoms with Crippen molar-refractivity contribution in [3.63, 3.8) is 0 Å². The van der Waals surface area contributed by atoms with Gasteiger partial charge in [-0.25, -0.2) is 29.9 Å². The van der Waals surface area contributed by atoms with E-state index >= 15 is 0 Å². The summed E-state index contributed by atoms with van der Waals surface area (Å²) in [7, 11) is -3.89. The summed E-state index contributed by atoms with van der Waals surface area (Å²) in [5.41, 5.74) is 6.96. The Morgan fingerprint density at radius 2 is 0.833 bits per heavy atom. The van der Waals surface area contributed by atoms with Gasteiger partial charge in [-0.05, 0) is 187 Å². The number of nitrogens with zero attached hydrogens (tertiary/aromatic N) is 9. The van der Waals surface area contributed by atoms with Gasteiger partial charge in [0.05, 0.1) is 54.9 Å². The molecule has 0 spiro atoms. The molecule has 0 aliphatic carbocycles. The van der Waals surface area contributed by atoms with Gasteiger partial charge in [-0.2, -0.15) is 0 Å². The van der Waals surface area contributed by atoms with Gasteiger partial charge in [-0.15, -0.1) is 0 Å². The maximum atomic E-state index is 11.0. The van der Waals surface area contributed by atoms with Crippen LogP contribution >= 0.6 is 46.4 Å². The smallest absolute Gasteiger partial charge is 0.413 e. The summed E-state index contributed by atoms with van der Waals surface area (Å²) in [6.07, 6.45) is 7.12. The van der Waals surface area contributed by atoms with Crippen LogP contribution in [0, 0.1) is 28.7 Å². The number of rotatable bonds is 16. The topological polar surface area (TPSA) is 236 Å². The maximum absolute atomic E-state index is 11.0. The molecular weight excluding hydrogens is 1540 g/mol. The van der Waals surface area contributed by atoms with Gasteiger partial charge in [-0.1, -0.05) is 114 Å². The molecule has 5 aliphatic rings. The second-order valence-corrected chi connectivity index (χ2v) is 44.0. The third-order valence-corrected chi connectivity index (χ3v) is 32.5. The minimum atomic E-state index is -1.95. The van der Waals surface area contributed by atoms with Crippen molar-refractivity contribution in [3.05, 3.63) is 190 Å². The molecule has 28 heteroatoms. The van der Waals surface area contributed by atoms with Crippen molar-refractivity contribution in [1.29, 1.82) is 0 Å². The first-order valence-corrected chi connectivity index (χ1v) is 42.7. The Hall–Kier alpha value is -4.74. The van der Waals surface area contributed by atoms with Gasteiger partial charge in [0.25, 0.3) is 0 Å². The van der Waals surface area contributed by atoms with Crippen LogP contribution in [-0.4, -0.2) is 141 Å². The van der Waals surface area contributed by atoms with Gasteiger partial charge in [0.15, 0.2) is 46.9 Å². The Balaban J connectivity index is 0.000000203. The average molecular weight is 1650 g/mol. The summed E-state index contributed by atoms with van der Waals surface area (Å²) in [4.78, 5) is 26.0. The van der Waals surface area contributed by atoms with Crippen molar-refractivity contribution in [1.82, 2.24) is 43.6 Å². The first-order valence-electron chi connectivity index (χ1n) is 35.4. The molecule has 5 saturated heterocycles. The molecule has 108 heavy (non-hydrogen) atoms. The first kappa shape index (κ1) is 88.8. The van der Waals surface area contributed by atoms with Gasteiger partial charge in [0, 0.05) is 63.7 Å². The molecule has 584 valence electrons. The fourth-order valence-electron chi connectivity index (χ4n) is 14.4. The molecule has 9 aromatic rings. The summed E-state index contributed by atoms with van der Waals surface area (Å²) in [6, 6.07) is 23.1. The summed E-state index contributed by atoms with van der Waals surface area (Å²) in [5, 5.41) is 36.6. The molecule has 0 radical (unpaired) electrons. The molecule has 5 aliphatic heterocycles. The maximum Gasteiger partial charge on any atom is 2.00 e. The number of aliphatic hydroxyl groups excluding tert-OH is 2. The molecule has 3 aromatic carbocycles. The summed E-state index contributed by atoms with van der Waals surface area (Å²) in [6.45, 7) is 40.8. The minimum Gasteiger partial charge on any atom is -0.413 e. The van der Waals surface area contributed by atoms with Crippen molar-refractivity contribution < 1.29 is 76.8 Å². The molecule has 11 heterocycles. The van der Waals surface area contributed by atoms with E-state index in [1.54, 1.807) is 42.2 Å². The molecule has 6 aromatic heterocycles. The second kappa shape index (κ2) is 33.0. The van der Waals surface area contributed by atoms with Crippen LogP contribution in [0.4, 0.5) is 0 Å². The van der Waals surface area contributed by atoms with E-state index in [9.17, 15) is 15.3 Å². The number of benzene rings is 3. The van der Waals surface area contributed by atoms with Crippen molar-refractivity contribution >= 4 is 96.1 Å². The average Bonchev–Trinajstić information content (AvgIpc) is 1.56. The van der Waals surface area contributed by atoms with Gasteiger partial charge in [-0.3, -0.25) is 0 Å². The second-order valence-electron chi connectivity index (χ2n) is 32.7. The molecule has 0 saturated carbocycles. The van der Waals surface area contributed by atoms with Crippen LogP contribution in [0.1, 0.15) is 161 Å². The molecule has 0 unspecified atom stereocenters. The number of aliphatic hydroxyl groups is 3. The molecule has 12 atom stereocenters. The fourth-order valence-corrected chi connectivity index (χ4v) is 17.0. The summed E-state index contributed by atoms with van der Waals surface area (Å²) in [5.74, 6) is -1.49. The predicted octanol–water partition coefficient (Wildman–Crippen LogP) is 17.9. The van der Waals surface area contributed by atoms with E-state index in [2.05, 4.69) is 128 Å². The molecule has 3 N–H and O–H groups in total. The number of aromatic nitrogens is 9. The van der Waals surface area contributed by atoms with Gasteiger partial charge in [0.1, 0.15) is 76.2 Å². The number of hydrogen-bond donors (Lipinski definition) is 3. The Kier molecular flexibility index (Phi) is 27.1. The molecule has 21 nitrogen and oxygen atoms in total.